The van der Waals surface area contributed by atoms with Gasteiger partial charge in [0.2, 0.25) is 11.8 Å². The van der Waals surface area contributed by atoms with E-state index in [1.54, 1.807) is 12.1 Å². The molecule has 3 N–H and O–H groups in total. The first-order valence-corrected chi connectivity index (χ1v) is 9.69. The lowest BCUT2D eigenvalue weighted by atomic mass is 10.1. The SMILES string of the molecule is CC(=O)Nc1ccc(-c2csc(Nc3cc(C)ccc3C)n2)c(NC(C)=O)c1. The normalized spacial score (nSPS) is 10.4. The zero-order chi connectivity index (χ0) is 20.3. The van der Waals surface area contributed by atoms with Gasteiger partial charge in [0.15, 0.2) is 5.13 Å². The van der Waals surface area contributed by atoms with Crippen molar-refractivity contribution in [2.24, 2.45) is 0 Å². The van der Waals surface area contributed by atoms with E-state index in [2.05, 4.69) is 39.1 Å². The molecule has 0 radical (unpaired) electrons. The molecular weight excluding hydrogens is 372 g/mol. The predicted molar refractivity (Wildman–Crippen MR) is 115 cm³/mol. The number of benzene rings is 2. The molecule has 0 aliphatic heterocycles. The molecule has 0 spiro atoms. The first-order chi connectivity index (χ1) is 13.3. The van der Waals surface area contributed by atoms with Crippen LogP contribution in [0.3, 0.4) is 0 Å². The number of aryl methyl sites for hydroxylation is 2. The van der Waals surface area contributed by atoms with E-state index in [4.69, 9.17) is 0 Å². The molecule has 7 heteroatoms. The van der Waals surface area contributed by atoms with E-state index in [9.17, 15) is 9.59 Å². The number of hydrogen-bond acceptors (Lipinski definition) is 5. The lowest BCUT2D eigenvalue weighted by molar-refractivity contribution is -0.115. The van der Waals surface area contributed by atoms with Gasteiger partial charge in [0, 0.05) is 36.2 Å². The van der Waals surface area contributed by atoms with Gasteiger partial charge in [-0.05, 0) is 49.2 Å². The number of carbonyl (C=O) groups excluding carboxylic acids is 2. The van der Waals surface area contributed by atoms with Crippen molar-refractivity contribution in [3.8, 4) is 11.3 Å². The number of aromatic nitrogens is 1. The highest BCUT2D eigenvalue weighted by Gasteiger charge is 2.13. The standard InChI is InChI=1S/C21H22N4O2S/c1-12-5-6-13(2)18(9-12)24-21-25-20(11-28-21)17-8-7-16(22-14(3)26)10-19(17)23-15(4)27/h5-11H,1-4H3,(H,22,26)(H,23,27)(H,24,25). The molecule has 0 aliphatic rings. The Morgan fingerprint density at radius 2 is 1.68 bits per heavy atom. The second-order valence-electron chi connectivity index (χ2n) is 6.60. The van der Waals surface area contributed by atoms with Gasteiger partial charge in [-0.1, -0.05) is 12.1 Å². The monoisotopic (exact) mass is 394 g/mol. The third-order valence-corrected chi connectivity index (χ3v) is 4.82. The molecule has 2 amide bonds. The zero-order valence-corrected chi connectivity index (χ0v) is 17.0. The first-order valence-electron chi connectivity index (χ1n) is 8.81. The van der Waals surface area contributed by atoms with Crippen LogP contribution in [0.15, 0.2) is 41.8 Å². The minimum atomic E-state index is -0.190. The quantitative estimate of drug-likeness (QED) is 0.563. The molecule has 0 aliphatic carbocycles. The van der Waals surface area contributed by atoms with Gasteiger partial charge in [0.1, 0.15) is 0 Å². The van der Waals surface area contributed by atoms with Crippen molar-refractivity contribution in [3.63, 3.8) is 0 Å². The van der Waals surface area contributed by atoms with Crippen LogP contribution in [0.2, 0.25) is 0 Å². The molecule has 3 rings (SSSR count). The van der Waals surface area contributed by atoms with E-state index in [0.717, 1.165) is 27.6 Å². The summed E-state index contributed by atoms with van der Waals surface area (Å²) in [6, 6.07) is 11.6. The summed E-state index contributed by atoms with van der Waals surface area (Å²) in [6.45, 7) is 6.99. The second kappa shape index (κ2) is 8.22. The van der Waals surface area contributed by atoms with Crippen molar-refractivity contribution >= 4 is 45.3 Å². The van der Waals surface area contributed by atoms with Gasteiger partial charge in [-0.3, -0.25) is 9.59 Å². The van der Waals surface area contributed by atoms with E-state index in [1.165, 1.54) is 30.7 Å². The molecule has 0 atom stereocenters. The lowest BCUT2D eigenvalue weighted by Crippen LogP contribution is -2.09. The number of rotatable bonds is 5. The molecule has 2 aromatic carbocycles. The molecule has 144 valence electrons. The number of carbonyl (C=O) groups is 2. The summed E-state index contributed by atoms with van der Waals surface area (Å²) in [5.41, 5.74) is 6.08. The van der Waals surface area contributed by atoms with E-state index < -0.39 is 0 Å². The predicted octanol–water partition coefficient (Wildman–Crippen LogP) is 5.09. The Labute approximate surface area is 168 Å². The Morgan fingerprint density at radius 3 is 2.39 bits per heavy atom. The Balaban J connectivity index is 1.92. The highest BCUT2D eigenvalue weighted by atomic mass is 32.1. The maximum absolute atomic E-state index is 11.6. The maximum Gasteiger partial charge on any atom is 0.221 e. The average molecular weight is 395 g/mol. The minimum Gasteiger partial charge on any atom is -0.331 e. The molecule has 0 bridgehead atoms. The van der Waals surface area contributed by atoms with Crippen LogP contribution in [0, 0.1) is 13.8 Å². The summed E-state index contributed by atoms with van der Waals surface area (Å²) >= 11 is 1.49. The average Bonchev–Trinajstić information content (AvgIpc) is 3.05. The van der Waals surface area contributed by atoms with E-state index >= 15 is 0 Å². The van der Waals surface area contributed by atoms with Crippen LogP contribution in [-0.2, 0) is 9.59 Å². The number of nitrogens with one attached hydrogen (secondary N) is 3. The summed E-state index contributed by atoms with van der Waals surface area (Å²) in [4.78, 5) is 27.6. The van der Waals surface area contributed by atoms with Gasteiger partial charge in [-0.2, -0.15) is 0 Å². The van der Waals surface area contributed by atoms with Crippen molar-refractivity contribution in [2.45, 2.75) is 27.7 Å². The lowest BCUT2D eigenvalue weighted by Gasteiger charge is -2.11. The Hall–Kier alpha value is -3.19. The number of thiazole rings is 1. The molecule has 3 aromatic rings. The van der Waals surface area contributed by atoms with Crippen LogP contribution >= 0.6 is 11.3 Å². The molecule has 28 heavy (non-hydrogen) atoms. The highest BCUT2D eigenvalue weighted by Crippen LogP contribution is 2.34. The molecule has 0 saturated heterocycles. The van der Waals surface area contributed by atoms with Gasteiger partial charge in [-0.25, -0.2) is 4.98 Å². The Bertz CT molecular complexity index is 1040. The van der Waals surface area contributed by atoms with Gasteiger partial charge >= 0.3 is 0 Å². The van der Waals surface area contributed by atoms with Crippen molar-refractivity contribution in [1.29, 1.82) is 0 Å². The topological polar surface area (TPSA) is 83.1 Å². The molecule has 1 heterocycles. The summed E-state index contributed by atoms with van der Waals surface area (Å²) < 4.78 is 0. The van der Waals surface area contributed by atoms with E-state index in [0.29, 0.717) is 11.4 Å². The molecule has 0 fully saturated rings. The third-order valence-electron chi connectivity index (χ3n) is 4.07. The van der Waals surface area contributed by atoms with Crippen LogP contribution in [-0.4, -0.2) is 16.8 Å². The number of anilines is 4. The third kappa shape index (κ3) is 4.75. The molecule has 0 unspecified atom stereocenters. The Morgan fingerprint density at radius 1 is 0.929 bits per heavy atom. The summed E-state index contributed by atoms with van der Waals surface area (Å²) in [7, 11) is 0. The summed E-state index contributed by atoms with van der Waals surface area (Å²) in [6.07, 6.45) is 0. The summed E-state index contributed by atoms with van der Waals surface area (Å²) in [5.74, 6) is -0.361. The van der Waals surface area contributed by atoms with Crippen LogP contribution in [0.5, 0.6) is 0 Å². The van der Waals surface area contributed by atoms with Crippen LogP contribution in [0.1, 0.15) is 25.0 Å². The number of amides is 2. The van der Waals surface area contributed by atoms with Gasteiger partial charge in [-0.15, -0.1) is 11.3 Å². The number of nitrogens with zero attached hydrogens (tertiary/aromatic N) is 1. The fourth-order valence-electron chi connectivity index (χ4n) is 2.78. The van der Waals surface area contributed by atoms with Crippen molar-refractivity contribution in [1.82, 2.24) is 4.98 Å². The number of hydrogen-bond donors (Lipinski definition) is 3. The smallest absolute Gasteiger partial charge is 0.221 e. The first kappa shape index (κ1) is 19.6. The summed E-state index contributed by atoms with van der Waals surface area (Å²) in [5, 5.41) is 11.6. The van der Waals surface area contributed by atoms with Crippen LogP contribution in [0.4, 0.5) is 22.2 Å². The van der Waals surface area contributed by atoms with Gasteiger partial charge in [0.25, 0.3) is 0 Å². The molecule has 6 nitrogen and oxygen atoms in total. The fraction of sp³-hybridized carbons (Fsp3) is 0.190. The largest absolute Gasteiger partial charge is 0.331 e. The molecule has 1 aromatic heterocycles. The van der Waals surface area contributed by atoms with Crippen LogP contribution in [0.25, 0.3) is 11.3 Å². The van der Waals surface area contributed by atoms with Crippen molar-refractivity contribution in [3.05, 3.63) is 52.9 Å². The van der Waals surface area contributed by atoms with Crippen molar-refractivity contribution in [2.75, 3.05) is 16.0 Å². The molecule has 0 saturated carbocycles. The van der Waals surface area contributed by atoms with Gasteiger partial charge < -0.3 is 16.0 Å². The van der Waals surface area contributed by atoms with E-state index in [1.807, 2.05) is 25.3 Å². The van der Waals surface area contributed by atoms with Crippen molar-refractivity contribution < 1.29 is 9.59 Å². The molecular formula is C21H22N4O2S. The van der Waals surface area contributed by atoms with E-state index in [-0.39, 0.29) is 11.8 Å². The minimum absolute atomic E-state index is 0.171. The zero-order valence-electron chi connectivity index (χ0n) is 16.2. The maximum atomic E-state index is 11.6. The second-order valence-corrected chi connectivity index (χ2v) is 7.46. The van der Waals surface area contributed by atoms with Crippen LogP contribution < -0.4 is 16.0 Å². The Kier molecular flexibility index (Phi) is 5.75. The fourth-order valence-corrected chi connectivity index (χ4v) is 3.51. The highest BCUT2D eigenvalue weighted by molar-refractivity contribution is 7.14. The van der Waals surface area contributed by atoms with Gasteiger partial charge in [0.05, 0.1) is 11.4 Å².